The molecule has 3 heteroatoms. The second kappa shape index (κ2) is 7.80. The standard InChI is InChI=1S/C11H22O3/c1-4-5-6-11(13)14-10(3)8-7-9(2)12/h9-10,12H,4-8H2,1-3H3. The number of carbonyl (C=O) groups is 1. The molecular formula is C11H22O3. The van der Waals surface area contributed by atoms with Crippen LogP contribution in [0.4, 0.5) is 0 Å². The van der Waals surface area contributed by atoms with Crippen LogP contribution in [-0.4, -0.2) is 23.3 Å². The van der Waals surface area contributed by atoms with Crippen molar-refractivity contribution in [2.24, 2.45) is 0 Å². The number of rotatable bonds is 7. The quantitative estimate of drug-likeness (QED) is 0.644. The number of hydrogen-bond donors (Lipinski definition) is 1. The maximum Gasteiger partial charge on any atom is 0.306 e. The van der Waals surface area contributed by atoms with Crippen LogP contribution >= 0.6 is 0 Å². The Bertz CT molecular complexity index is 155. The first-order chi connectivity index (χ1) is 6.56. The van der Waals surface area contributed by atoms with Gasteiger partial charge in [-0.25, -0.2) is 0 Å². The van der Waals surface area contributed by atoms with Gasteiger partial charge in [-0.05, 0) is 33.1 Å². The molecule has 0 amide bonds. The number of ether oxygens (including phenoxy) is 1. The number of carbonyl (C=O) groups excluding carboxylic acids is 1. The van der Waals surface area contributed by atoms with Gasteiger partial charge in [0.15, 0.2) is 0 Å². The van der Waals surface area contributed by atoms with Gasteiger partial charge in [0.05, 0.1) is 12.2 Å². The van der Waals surface area contributed by atoms with Gasteiger partial charge in [-0.3, -0.25) is 4.79 Å². The van der Waals surface area contributed by atoms with E-state index >= 15 is 0 Å². The Morgan fingerprint density at radius 2 is 2.00 bits per heavy atom. The van der Waals surface area contributed by atoms with Crippen LogP contribution in [0.15, 0.2) is 0 Å². The molecule has 2 unspecified atom stereocenters. The Kier molecular flexibility index (Phi) is 7.48. The minimum Gasteiger partial charge on any atom is -0.463 e. The van der Waals surface area contributed by atoms with Gasteiger partial charge in [-0.2, -0.15) is 0 Å². The van der Waals surface area contributed by atoms with Crippen LogP contribution in [0.25, 0.3) is 0 Å². The molecule has 84 valence electrons. The number of aliphatic hydroxyl groups excluding tert-OH is 1. The lowest BCUT2D eigenvalue weighted by Gasteiger charge is -2.13. The van der Waals surface area contributed by atoms with E-state index in [1.165, 1.54) is 0 Å². The van der Waals surface area contributed by atoms with Crippen LogP contribution in [0.2, 0.25) is 0 Å². The van der Waals surface area contributed by atoms with Gasteiger partial charge in [0.1, 0.15) is 0 Å². The van der Waals surface area contributed by atoms with Crippen LogP contribution in [-0.2, 0) is 9.53 Å². The average molecular weight is 202 g/mol. The molecule has 0 aliphatic carbocycles. The van der Waals surface area contributed by atoms with Gasteiger partial charge in [0.25, 0.3) is 0 Å². The van der Waals surface area contributed by atoms with E-state index in [9.17, 15) is 4.79 Å². The third-order valence-electron chi connectivity index (χ3n) is 2.06. The van der Waals surface area contributed by atoms with Gasteiger partial charge in [-0.1, -0.05) is 13.3 Å². The molecule has 14 heavy (non-hydrogen) atoms. The van der Waals surface area contributed by atoms with Gasteiger partial charge in [0, 0.05) is 6.42 Å². The smallest absolute Gasteiger partial charge is 0.306 e. The van der Waals surface area contributed by atoms with E-state index in [0.717, 1.165) is 19.3 Å². The zero-order chi connectivity index (χ0) is 11.0. The Balaban J connectivity index is 3.50. The fourth-order valence-electron chi connectivity index (χ4n) is 1.14. The molecule has 2 atom stereocenters. The van der Waals surface area contributed by atoms with Crippen molar-refractivity contribution in [3.8, 4) is 0 Å². The van der Waals surface area contributed by atoms with Gasteiger partial charge in [0.2, 0.25) is 0 Å². The summed E-state index contributed by atoms with van der Waals surface area (Å²) in [6, 6.07) is 0. The van der Waals surface area contributed by atoms with Gasteiger partial charge >= 0.3 is 5.97 Å². The molecule has 0 aromatic heterocycles. The third kappa shape index (κ3) is 8.05. The first kappa shape index (κ1) is 13.4. The van der Waals surface area contributed by atoms with E-state index in [-0.39, 0.29) is 18.2 Å². The summed E-state index contributed by atoms with van der Waals surface area (Å²) in [6.07, 6.45) is 3.44. The zero-order valence-electron chi connectivity index (χ0n) is 9.45. The molecule has 0 fully saturated rings. The maximum atomic E-state index is 11.2. The van der Waals surface area contributed by atoms with E-state index in [0.29, 0.717) is 12.8 Å². The topological polar surface area (TPSA) is 46.5 Å². The molecule has 1 N–H and O–H groups in total. The van der Waals surface area contributed by atoms with Gasteiger partial charge in [-0.15, -0.1) is 0 Å². The molecule has 0 aromatic rings. The van der Waals surface area contributed by atoms with Crippen molar-refractivity contribution in [1.82, 2.24) is 0 Å². The number of aliphatic hydroxyl groups is 1. The molecule has 0 heterocycles. The van der Waals surface area contributed by atoms with E-state index in [1.54, 1.807) is 6.92 Å². The third-order valence-corrected chi connectivity index (χ3v) is 2.06. The lowest BCUT2D eigenvalue weighted by atomic mass is 10.1. The summed E-state index contributed by atoms with van der Waals surface area (Å²) in [5, 5.41) is 9.04. The highest BCUT2D eigenvalue weighted by Crippen LogP contribution is 2.07. The van der Waals surface area contributed by atoms with Crippen molar-refractivity contribution < 1.29 is 14.6 Å². The lowest BCUT2D eigenvalue weighted by molar-refractivity contribution is -0.148. The number of esters is 1. The van der Waals surface area contributed by atoms with Crippen LogP contribution in [0, 0.1) is 0 Å². The summed E-state index contributed by atoms with van der Waals surface area (Å²) in [5.74, 6) is -0.120. The minimum atomic E-state index is -0.313. The summed E-state index contributed by atoms with van der Waals surface area (Å²) in [4.78, 5) is 11.2. The summed E-state index contributed by atoms with van der Waals surface area (Å²) in [6.45, 7) is 5.65. The van der Waals surface area contributed by atoms with Crippen molar-refractivity contribution >= 4 is 5.97 Å². The van der Waals surface area contributed by atoms with Crippen LogP contribution in [0.5, 0.6) is 0 Å². The molecule has 0 spiro atoms. The Labute approximate surface area is 86.5 Å². The molecule has 0 aliphatic heterocycles. The highest BCUT2D eigenvalue weighted by molar-refractivity contribution is 5.69. The molecule has 0 saturated carbocycles. The largest absolute Gasteiger partial charge is 0.463 e. The molecule has 0 bridgehead atoms. The molecule has 0 rings (SSSR count). The van der Waals surface area contributed by atoms with Crippen molar-refractivity contribution in [3.05, 3.63) is 0 Å². The molecule has 0 saturated heterocycles. The molecule has 3 nitrogen and oxygen atoms in total. The maximum absolute atomic E-state index is 11.2. The fraction of sp³-hybridized carbons (Fsp3) is 0.909. The second-order valence-electron chi connectivity index (χ2n) is 3.83. The van der Waals surface area contributed by atoms with E-state index in [4.69, 9.17) is 9.84 Å². The second-order valence-corrected chi connectivity index (χ2v) is 3.83. The highest BCUT2D eigenvalue weighted by Gasteiger charge is 2.09. The summed E-state index contributed by atoms with van der Waals surface area (Å²) in [5.41, 5.74) is 0. The van der Waals surface area contributed by atoms with Crippen molar-refractivity contribution in [1.29, 1.82) is 0 Å². The monoisotopic (exact) mass is 202 g/mol. The highest BCUT2D eigenvalue weighted by atomic mass is 16.5. The Morgan fingerprint density at radius 3 is 2.50 bits per heavy atom. The lowest BCUT2D eigenvalue weighted by Crippen LogP contribution is -2.16. The van der Waals surface area contributed by atoms with Crippen molar-refractivity contribution in [2.75, 3.05) is 0 Å². The van der Waals surface area contributed by atoms with Gasteiger partial charge < -0.3 is 9.84 Å². The Hall–Kier alpha value is -0.570. The zero-order valence-corrected chi connectivity index (χ0v) is 9.45. The van der Waals surface area contributed by atoms with Crippen LogP contribution in [0.3, 0.4) is 0 Å². The van der Waals surface area contributed by atoms with E-state index in [2.05, 4.69) is 0 Å². The summed E-state index contributed by atoms with van der Waals surface area (Å²) < 4.78 is 5.15. The molecule has 0 aromatic carbocycles. The fourth-order valence-corrected chi connectivity index (χ4v) is 1.14. The Morgan fingerprint density at radius 1 is 1.36 bits per heavy atom. The normalized spacial score (nSPS) is 14.9. The van der Waals surface area contributed by atoms with E-state index < -0.39 is 0 Å². The van der Waals surface area contributed by atoms with Crippen LogP contribution < -0.4 is 0 Å². The molecule has 0 aliphatic rings. The summed E-state index contributed by atoms with van der Waals surface area (Å²) >= 11 is 0. The molecule has 0 radical (unpaired) electrons. The van der Waals surface area contributed by atoms with Crippen LogP contribution in [0.1, 0.15) is 52.9 Å². The SMILES string of the molecule is CCCCC(=O)OC(C)CCC(C)O. The predicted molar refractivity (Wildman–Crippen MR) is 56.0 cm³/mol. The molecular weight excluding hydrogens is 180 g/mol. The van der Waals surface area contributed by atoms with Crippen molar-refractivity contribution in [2.45, 2.75) is 65.1 Å². The average Bonchev–Trinajstić information content (AvgIpc) is 2.11. The number of unbranched alkanes of at least 4 members (excludes halogenated alkanes) is 1. The summed E-state index contributed by atoms with van der Waals surface area (Å²) in [7, 11) is 0. The van der Waals surface area contributed by atoms with E-state index in [1.807, 2.05) is 13.8 Å². The minimum absolute atomic E-state index is 0.0750. The first-order valence-electron chi connectivity index (χ1n) is 5.43. The predicted octanol–water partition coefficient (Wildman–Crippen LogP) is 2.27. The van der Waals surface area contributed by atoms with Crippen molar-refractivity contribution in [3.63, 3.8) is 0 Å². The number of hydrogen-bond acceptors (Lipinski definition) is 3. The first-order valence-corrected chi connectivity index (χ1v) is 5.43.